The second-order valence-corrected chi connectivity index (χ2v) is 9.13. The molecular formula is C21H36O3. The molecule has 0 aromatic rings. The van der Waals surface area contributed by atoms with Crippen LogP contribution in [0.3, 0.4) is 0 Å². The molecule has 1 saturated carbocycles. The van der Waals surface area contributed by atoms with E-state index in [9.17, 15) is 9.59 Å². The third kappa shape index (κ3) is 5.07. The van der Waals surface area contributed by atoms with Gasteiger partial charge in [-0.3, -0.25) is 9.59 Å². The van der Waals surface area contributed by atoms with Crippen molar-refractivity contribution in [1.82, 2.24) is 0 Å². The zero-order chi connectivity index (χ0) is 17.9. The largest absolute Gasteiger partial charge is 0.466 e. The smallest absolute Gasteiger partial charge is 0.306 e. The number of carbonyl (C=O) groups is 2. The molecule has 3 nitrogen and oxygen atoms in total. The number of hydrogen-bond acceptors (Lipinski definition) is 3. The maximum atomic E-state index is 12.9. The molecule has 0 unspecified atom stereocenters. The third-order valence-corrected chi connectivity index (χ3v) is 6.64. The number of esters is 1. The molecule has 2 aliphatic rings. The Morgan fingerprint density at radius 2 is 1.62 bits per heavy atom. The lowest BCUT2D eigenvalue weighted by atomic mass is 9.70. The second kappa shape index (κ2) is 8.01. The van der Waals surface area contributed by atoms with E-state index in [0.29, 0.717) is 24.7 Å². The van der Waals surface area contributed by atoms with Crippen LogP contribution in [0.15, 0.2) is 0 Å². The molecule has 0 bridgehead atoms. The van der Waals surface area contributed by atoms with Crippen molar-refractivity contribution in [2.24, 2.45) is 35.0 Å². The van der Waals surface area contributed by atoms with Crippen LogP contribution in [0, 0.1) is 35.0 Å². The second-order valence-electron chi connectivity index (χ2n) is 9.13. The van der Waals surface area contributed by atoms with Crippen molar-refractivity contribution < 1.29 is 14.3 Å². The highest BCUT2D eigenvalue weighted by atomic mass is 16.5. The summed E-state index contributed by atoms with van der Waals surface area (Å²) in [6, 6.07) is 0. The van der Waals surface area contributed by atoms with Crippen molar-refractivity contribution >= 4 is 11.8 Å². The van der Waals surface area contributed by atoms with Crippen molar-refractivity contribution in [1.29, 1.82) is 0 Å². The maximum Gasteiger partial charge on any atom is 0.306 e. The van der Waals surface area contributed by atoms with Gasteiger partial charge in [0.1, 0.15) is 5.78 Å². The molecule has 0 radical (unpaired) electrons. The van der Waals surface area contributed by atoms with Gasteiger partial charge in [0.25, 0.3) is 0 Å². The Hall–Kier alpha value is -0.860. The topological polar surface area (TPSA) is 43.4 Å². The first-order chi connectivity index (χ1) is 11.2. The standard InChI is InChI=1S/C21H36O3/c1-14-7-6-8-17-13-18(17)9-10-24-19(22)12-16(3)21(4,5)20(23)15(2)11-14/h14-18H,6-13H2,1-5H3/t14-,15+,16-,17+,18-/m0/s1. The molecule has 0 amide bonds. The fraction of sp³-hybridized carbons (Fsp3) is 0.905. The lowest BCUT2D eigenvalue weighted by Crippen LogP contribution is -2.37. The van der Waals surface area contributed by atoms with E-state index in [-0.39, 0.29) is 17.8 Å². The number of hydrogen-bond donors (Lipinski definition) is 0. The summed E-state index contributed by atoms with van der Waals surface area (Å²) in [7, 11) is 0. The molecule has 1 aliphatic carbocycles. The van der Waals surface area contributed by atoms with Crippen LogP contribution in [0.25, 0.3) is 0 Å². The fourth-order valence-corrected chi connectivity index (χ4v) is 4.34. The monoisotopic (exact) mass is 336 g/mol. The van der Waals surface area contributed by atoms with Crippen LogP contribution in [-0.4, -0.2) is 18.4 Å². The molecule has 2 rings (SSSR count). The minimum Gasteiger partial charge on any atom is -0.466 e. The van der Waals surface area contributed by atoms with E-state index in [4.69, 9.17) is 4.74 Å². The van der Waals surface area contributed by atoms with Gasteiger partial charge in [-0.1, -0.05) is 53.9 Å². The number of rotatable bonds is 0. The Balaban J connectivity index is 2.02. The van der Waals surface area contributed by atoms with Gasteiger partial charge in [-0.2, -0.15) is 0 Å². The summed E-state index contributed by atoms with van der Waals surface area (Å²) in [6.45, 7) is 10.9. The lowest BCUT2D eigenvalue weighted by molar-refractivity contribution is -0.147. The van der Waals surface area contributed by atoms with Gasteiger partial charge in [0.2, 0.25) is 0 Å². The molecule has 2 fully saturated rings. The van der Waals surface area contributed by atoms with Gasteiger partial charge in [0, 0.05) is 17.8 Å². The Bertz CT molecular complexity index is 454. The molecule has 1 aliphatic heterocycles. The first-order valence-electron chi connectivity index (χ1n) is 9.91. The van der Waals surface area contributed by atoms with Crippen molar-refractivity contribution in [2.45, 2.75) is 79.6 Å². The van der Waals surface area contributed by atoms with Crippen LogP contribution in [0.4, 0.5) is 0 Å². The summed E-state index contributed by atoms with van der Waals surface area (Å²) in [5.74, 6) is 2.45. The molecule has 0 N–H and O–H groups in total. The molecule has 1 heterocycles. The Morgan fingerprint density at radius 3 is 2.33 bits per heavy atom. The number of Topliss-reactive ketones (excluding diaryl/α,β-unsaturated/α-hetero) is 1. The molecule has 0 spiro atoms. The fourth-order valence-electron chi connectivity index (χ4n) is 4.34. The summed E-state index contributed by atoms with van der Waals surface area (Å²) in [4.78, 5) is 25.0. The van der Waals surface area contributed by atoms with Crippen molar-refractivity contribution in [2.75, 3.05) is 6.61 Å². The van der Waals surface area contributed by atoms with E-state index < -0.39 is 5.41 Å². The van der Waals surface area contributed by atoms with Gasteiger partial charge >= 0.3 is 5.97 Å². The maximum absolute atomic E-state index is 12.9. The molecule has 1 saturated heterocycles. The van der Waals surface area contributed by atoms with Crippen LogP contribution >= 0.6 is 0 Å². The molecule has 138 valence electrons. The summed E-state index contributed by atoms with van der Waals surface area (Å²) in [5.41, 5.74) is -0.475. The minimum absolute atomic E-state index is 0.0110. The summed E-state index contributed by atoms with van der Waals surface area (Å²) in [5, 5.41) is 0. The zero-order valence-corrected chi connectivity index (χ0v) is 16.3. The van der Waals surface area contributed by atoms with Crippen molar-refractivity contribution in [3.8, 4) is 0 Å². The Morgan fingerprint density at radius 1 is 0.958 bits per heavy atom. The van der Waals surface area contributed by atoms with Gasteiger partial charge in [0.05, 0.1) is 6.61 Å². The molecule has 5 atom stereocenters. The molecule has 0 aromatic carbocycles. The Kier molecular flexibility index (Phi) is 6.50. The molecule has 24 heavy (non-hydrogen) atoms. The van der Waals surface area contributed by atoms with Crippen LogP contribution < -0.4 is 0 Å². The number of fused-ring (bicyclic) bond motifs is 1. The van der Waals surface area contributed by atoms with E-state index >= 15 is 0 Å². The van der Waals surface area contributed by atoms with Gasteiger partial charge in [-0.05, 0) is 42.9 Å². The van der Waals surface area contributed by atoms with E-state index in [1.807, 2.05) is 20.8 Å². The van der Waals surface area contributed by atoms with Gasteiger partial charge < -0.3 is 4.74 Å². The number of cyclic esters (lactones) is 1. The average Bonchev–Trinajstić information content (AvgIpc) is 3.23. The quantitative estimate of drug-likeness (QED) is 0.583. The van der Waals surface area contributed by atoms with Crippen molar-refractivity contribution in [3.63, 3.8) is 0 Å². The lowest BCUT2D eigenvalue weighted by Gasteiger charge is -2.33. The summed E-state index contributed by atoms with van der Waals surface area (Å²) in [6.07, 6.45) is 7.43. The average molecular weight is 337 g/mol. The van der Waals surface area contributed by atoms with E-state index in [1.54, 1.807) is 0 Å². The van der Waals surface area contributed by atoms with Crippen LogP contribution in [-0.2, 0) is 14.3 Å². The molecule has 3 heteroatoms. The van der Waals surface area contributed by atoms with Crippen molar-refractivity contribution in [3.05, 3.63) is 0 Å². The summed E-state index contributed by atoms with van der Waals surface area (Å²) >= 11 is 0. The Labute approximate surface area is 147 Å². The van der Waals surface area contributed by atoms with E-state index in [1.165, 1.54) is 25.7 Å². The highest BCUT2D eigenvalue weighted by molar-refractivity contribution is 5.87. The van der Waals surface area contributed by atoms with Crippen LogP contribution in [0.1, 0.15) is 79.6 Å². The van der Waals surface area contributed by atoms with Crippen LogP contribution in [0.2, 0.25) is 0 Å². The zero-order valence-electron chi connectivity index (χ0n) is 16.3. The first-order valence-corrected chi connectivity index (χ1v) is 9.91. The summed E-state index contributed by atoms with van der Waals surface area (Å²) < 4.78 is 5.43. The van der Waals surface area contributed by atoms with Gasteiger partial charge in [0.15, 0.2) is 0 Å². The first kappa shape index (κ1) is 19.5. The van der Waals surface area contributed by atoms with Gasteiger partial charge in [-0.15, -0.1) is 0 Å². The van der Waals surface area contributed by atoms with Crippen LogP contribution in [0.5, 0.6) is 0 Å². The molecule has 0 aromatic heterocycles. The third-order valence-electron chi connectivity index (χ3n) is 6.64. The van der Waals surface area contributed by atoms with E-state index in [2.05, 4.69) is 13.8 Å². The van der Waals surface area contributed by atoms with Gasteiger partial charge in [-0.25, -0.2) is 0 Å². The number of ketones is 1. The SMILES string of the molecule is C[C@H]1CCC[C@@H]2C[C@@H]2CCOC(=O)C[C@H](C)C(C)(C)C(=O)[C@H](C)C1. The predicted octanol–water partition coefficient (Wildman–Crippen LogP) is 5.02. The van der Waals surface area contributed by atoms with E-state index in [0.717, 1.165) is 24.7 Å². The normalized spacial score (nSPS) is 39.0. The highest BCUT2D eigenvalue weighted by Gasteiger charge is 2.39. The predicted molar refractivity (Wildman–Crippen MR) is 96.5 cm³/mol. The number of carbonyl (C=O) groups excluding carboxylic acids is 2. The number of ether oxygens (including phenoxy) is 1. The highest BCUT2D eigenvalue weighted by Crippen LogP contribution is 2.45. The minimum atomic E-state index is -0.475. The molecular weight excluding hydrogens is 300 g/mol.